The summed E-state index contributed by atoms with van der Waals surface area (Å²) in [6.07, 6.45) is -4.09. The molecule has 0 aromatic heterocycles. The van der Waals surface area contributed by atoms with E-state index in [9.17, 15) is 14.4 Å². The fraction of sp³-hybridized carbons (Fsp3) is 0.400. The molecule has 1 atom stereocenters. The zero-order chi connectivity index (χ0) is 19.3. The summed E-state index contributed by atoms with van der Waals surface area (Å²) >= 11 is 0. The third-order valence-electron chi connectivity index (χ3n) is 2.26. The number of carboxylic acid groups (broad SMARTS) is 1. The molecule has 0 radical (unpaired) electrons. The van der Waals surface area contributed by atoms with Gasteiger partial charge >= 0.3 is 17.9 Å². The zero-order valence-corrected chi connectivity index (χ0v) is 11.4. The van der Waals surface area contributed by atoms with Crippen molar-refractivity contribution in [3.8, 4) is 0 Å². The van der Waals surface area contributed by atoms with Crippen molar-refractivity contribution in [3.05, 3.63) is 35.9 Å². The molecule has 1 unspecified atom stereocenters. The molecule has 0 heterocycles. The molecule has 0 aliphatic rings. The van der Waals surface area contributed by atoms with Crippen LogP contribution in [-0.4, -0.2) is 29.6 Å². The van der Waals surface area contributed by atoms with Gasteiger partial charge < -0.3 is 14.6 Å². The van der Waals surface area contributed by atoms with Crippen molar-refractivity contribution in [2.45, 2.75) is 26.3 Å². The largest absolute Gasteiger partial charge is 0.481 e. The lowest BCUT2D eigenvalue weighted by Crippen LogP contribution is -2.20. The summed E-state index contributed by atoms with van der Waals surface area (Å²) in [7, 11) is 0. The normalized spacial score (nSPS) is 15.7. The van der Waals surface area contributed by atoms with Crippen LogP contribution in [-0.2, 0) is 30.5 Å². The molecule has 0 saturated heterocycles. The summed E-state index contributed by atoms with van der Waals surface area (Å²) in [5.41, 5.74) is 0.650. The van der Waals surface area contributed by atoms with E-state index < -0.39 is 43.2 Å². The van der Waals surface area contributed by atoms with Gasteiger partial charge in [0.1, 0.15) is 6.61 Å². The zero-order valence-electron chi connectivity index (χ0n) is 15.4. The van der Waals surface area contributed by atoms with Gasteiger partial charge in [0.2, 0.25) is 0 Å². The predicted octanol–water partition coefficient (Wildman–Crippen LogP) is 1.77. The first-order chi connectivity index (χ1) is 11.5. The number of esters is 2. The van der Waals surface area contributed by atoms with Gasteiger partial charge in [-0.3, -0.25) is 14.4 Å². The van der Waals surface area contributed by atoms with E-state index in [2.05, 4.69) is 4.74 Å². The Bertz CT molecular complexity index is 632. The quantitative estimate of drug-likeness (QED) is 0.736. The molecule has 0 amide bonds. The van der Waals surface area contributed by atoms with E-state index in [0.717, 1.165) is 6.92 Å². The molecule has 1 N–H and O–H groups in total. The minimum absolute atomic E-state index is 0.140. The van der Waals surface area contributed by atoms with Crippen LogP contribution in [0.2, 0.25) is 0 Å². The number of carbonyl (C=O) groups excluding carboxylic acids is 2. The third kappa shape index (κ3) is 7.71. The molecule has 1 aromatic carbocycles. The highest BCUT2D eigenvalue weighted by Gasteiger charge is 2.19. The summed E-state index contributed by atoms with van der Waals surface area (Å²) in [4.78, 5) is 34.1. The maximum Gasteiger partial charge on any atom is 0.306 e. The van der Waals surface area contributed by atoms with Gasteiger partial charge in [-0.05, 0) is 5.56 Å². The van der Waals surface area contributed by atoms with E-state index >= 15 is 0 Å². The minimum atomic E-state index is -3.16. The van der Waals surface area contributed by atoms with Crippen molar-refractivity contribution in [3.63, 3.8) is 0 Å². The number of hydrogen-bond donors (Lipinski definition) is 1. The summed E-state index contributed by atoms with van der Waals surface area (Å²) < 4.78 is 39.8. The van der Waals surface area contributed by atoms with Gasteiger partial charge in [0.15, 0.2) is 0 Å². The molecule has 0 aliphatic heterocycles. The second kappa shape index (κ2) is 8.73. The van der Waals surface area contributed by atoms with E-state index in [1.54, 1.807) is 30.3 Å². The molecule has 0 saturated carbocycles. The first-order valence-electron chi connectivity index (χ1n) is 8.09. The standard InChI is InChI=1S/C15H18O6/c1-11(16)20-10-13(7-14(17)18)8-15(19)21-9-12-5-3-2-4-6-12/h2-6,13H,7-10H2,1H3,(H,17,18)/i7D2,10D2. The molecule has 6 nitrogen and oxygen atoms in total. The number of aliphatic carboxylic acids is 1. The van der Waals surface area contributed by atoms with Crippen molar-refractivity contribution in [2.24, 2.45) is 5.92 Å². The van der Waals surface area contributed by atoms with E-state index in [1.807, 2.05) is 0 Å². The van der Waals surface area contributed by atoms with Crippen molar-refractivity contribution < 1.29 is 34.4 Å². The Morgan fingerprint density at radius 1 is 1.24 bits per heavy atom. The molecule has 6 heteroatoms. The Morgan fingerprint density at radius 3 is 2.48 bits per heavy atom. The second-order valence-corrected chi connectivity index (χ2v) is 4.06. The Morgan fingerprint density at radius 2 is 1.90 bits per heavy atom. The van der Waals surface area contributed by atoms with Crippen LogP contribution in [0.3, 0.4) is 0 Å². The summed E-state index contributed by atoms with van der Waals surface area (Å²) in [6.45, 7) is -2.27. The Labute approximate surface area is 128 Å². The molecular formula is C15H18O6. The highest BCUT2D eigenvalue weighted by Crippen LogP contribution is 2.12. The fourth-order valence-corrected chi connectivity index (χ4v) is 1.39. The van der Waals surface area contributed by atoms with Crippen LogP contribution in [0.1, 0.15) is 30.8 Å². The van der Waals surface area contributed by atoms with E-state index in [1.165, 1.54) is 0 Å². The SMILES string of the molecule is [2H]C([2H])(OC(C)=O)C(CC(=O)OCc1ccccc1)C([2H])([2H])C(=O)O. The number of hydrogen-bond acceptors (Lipinski definition) is 5. The van der Waals surface area contributed by atoms with Gasteiger partial charge in [0.05, 0.1) is 22.1 Å². The van der Waals surface area contributed by atoms with Crippen LogP contribution in [0.25, 0.3) is 0 Å². The van der Waals surface area contributed by atoms with Crippen LogP contribution in [0, 0.1) is 5.92 Å². The van der Waals surface area contributed by atoms with Crippen molar-refractivity contribution in [1.82, 2.24) is 0 Å². The van der Waals surface area contributed by atoms with E-state index in [-0.39, 0.29) is 6.61 Å². The van der Waals surface area contributed by atoms with E-state index in [0.29, 0.717) is 5.56 Å². The average molecular weight is 298 g/mol. The number of carbonyl (C=O) groups is 3. The monoisotopic (exact) mass is 298 g/mol. The molecule has 114 valence electrons. The smallest absolute Gasteiger partial charge is 0.306 e. The van der Waals surface area contributed by atoms with Gasteiger partial charge in [-0.1, -0.05) is 30.3 Å². The molecule has 0 fully saturated rings. The lowest BCUT2D eigenvalue weighted by molar-refractivity contribution is -0.151. The topological polar surface area (TPSA) is 89.9 Å². The molecule has 21 heavy (non-hydrogen) atoms. The van der Waals surface area contributed by atoms with Gasteiger partial charge in [0.25, 0.3) is 0 Å². The van der Waals surface area contributed by atoms with E-state index in [4.69, 9.17) is 15.3 Å². The minimum Gasteiger partial charge on any atom is -0.481 e. The number of rotatable bonds is 8. The van der Waals surface area contributed by atoms with Crippen molar-refractivity contribution >= 4 is 17.9 Å². The summed E-state index contributed by atoms with van der Waals surface area (Å²) in [5, 5.41) is 9.00. The molecule has 0 bridgehead atoms. The molecule has 1 rings (SSSR count). The fourth-order valence-electron chi connectivity index (χ4n) is 1.39. The summed E-state index contributed by atoms with van der Waals surface area (Å²) in [5.74, 6) is -6.17. The predicted molar refractivity (Wildman–Crippen MR) is 73.2 cm³/mol. The highest BCUT2D eigenvalue weighted by molar-refractivity contribution is 5.72. The van der Waals surface area contributed by atoms with Crippen LogP contribution in [0.4, 0.5) is 0 Å². The molecular weight excluding hydrogens is 276 g/mol. The first kappa shape index (κ1) is 11.3. The van der Waals surface area contributed by atoms with Crippen LogP contribution in [0.15, 0.2) is 30.3 Å². The van der Waals surface area contributed by atoms with Crippen LogP contribution < -0.4 is 0 Å². The molecule has 0 aliphatic carbocycles. The Hall–Kier alpha value is -2.37. The number of benzene rings is 1. The van der Waals surface area contributed by atoms with Crippen LogP contribution >= 0.6 is 0 Å². The Balaban J connectivity index is 2.91. The van der Waals surface area contributed by atoms with Gasteiger partial charge in [-0.2, -0.15) is 0 Å². The van der Waals surface area contributed by atoms with Gasteiger partial charge in [0, 0.05) is 15.6 Å². The lowest BCUT2D eigenvalue weighted by atomic mass is 10.0. The van der Waals surface area contributed by atoms with Gasteiger partial charge in [-0.15, -0.1) is 0 Å². The average Bonchev–Trinajstić information content (AvgIpc) is 2.49. The third-order valence-corrected chi connectivity index (χ3v) is 2.26. The van der Waals surface area contributed by atoms with Crippen molar-refractivity contribution in [2.75, 3.05) is 6.56 Å². The maximum absolute atomic E-state index is 11.9. The number of carboxylic acids is 1. The number of ether oxygens (including phenoxy) is 2. The summed E-state index contributed by atoms with van der Waals surface area (Å²) in [6, 6.07) is 8.55. The highest BCUT2D eigenvalue weighted by atomic mass is 16.5. The molecule has 0 spiro atoms. The Kier molecular flexibility index (Phi) is 4.70. The second-order valence-electron chi connectivity index (χ2n) is 4.06. The first-order valence-corrected chi connectivity index (χ1v) is 6.09. The van der Waals surface area contributed by atoms with Gasteiger partial charge in [-0.25, -0.2) is 0 Å². The van der Waals surface area contributed by atoms with Crippen LogP contribution in [0.5, 0.6) is 0 Å². The van der Waals surface area contributed by atoms with Crippen molar-refractivity contribution in [1.29, 1.82) is 0 Å². The molecule has 1 aromatic rings. The lowest BCUT2D eigenvalue weighted by Gasteiger charge is -2.14. The maximum atomic E-state index is 11.9.